The summed E-state index contributed by atoms with van der Waals surface area (Å²) in [5, 5.41) is 4.13. The fraction of sp³-hybridized carbons (Fsp3) is 0.429. The molecule has 1 aromatic heterocycles. The third-order valence-electron chi connectivity index (χ3n) is 3.21. The van der Waals surface area contributed by atoms with Crippen molar-refractivity contribution >= 4 is 11.5 Å². The van der Waals surface area contributed by atoms with E-state index in [1.807, 2.05) is 20.8 Å². The van der Waals surface area contributed by atoms with Crippen LogP contribution in [0.25, 0.3) is 0 Å². The van der Waals surface area contributed by atoms with E-state index in [-0.39, 0.29) is 17.4 Å². The van der Waals surface area contributed by atoms with E-state index in [1.165, 1.54) is 29.7 Å². The Balaban J connectivity index is 2.36. The molecule has 1 atom stereocenters. The first-order valence-corrected chi connectivity index (χ1v) is 7.33. The lowest BCUT2D eigenvalue weighted by atomic mass is 9.89. The molecular weight excluding hydrogens is 294 g/mol. The zero-order valence-electron chi connectivity index (χ0n) is 12.2. The molecular formula is C14H18F2N4S. The van der Waals surface area contributed by atoms with E-state index in [0.717, 1.165) is 10.6 Å². The molecule has 114 valence electrons. The maximum atomic E-state index is 13.8. The predicted molar refractivity (Wildman–Crippen MR) is 78.7 cm³/mol. The highest BCUT2D eigenvalue weighted by atomic mass is 32.1. The van der Waals surface area contributed by atoms with Crippen molar-refractivity contribution in [3.05, 3.63) is 46.0 Å². The Morgan fingerprint density at radius 1 is 1.29 bits per heavy atom. The van der Waals surface area contributed by atoms with E-state index < -0.39 is 17.7 Å². The molecule has 0 aliphatic carbocycles. The Morgan fingerprint density at radius 2 is 1.90 bits per heavy atom. The van der Waals surface area contributed by atoms with Crippen LogP contribution in [0, 0.1) is 11.6 Å². The molecule has 0 saturated heterocycles. The molecule has 2 rings (SSSR count). The second-order valence-electron chi connectivity index (χ2n) is 5.86. The zero-order chi connectivity index (χ0) is 15.6. The van der Waals surface area contributed by atoms with E-state index in [9.17, 15) is 8.78 Å². The Hall–Kier alpha value is -1.44. The van der Waals surface area contributed by atoms with Gasteiger partial charge in [-0.3, -0.25) is 11.3 Å². The maximum absolute atomic E-state index is 13.8. The fourth-order valence-electron chi connectivity index (χ4n) is 2.10. The van der Waals surface area contributed by atoms with Gasteiger partial charge < -0.3 is 0 Å². The van der Waals surface area contributed by atoms with Crippen LogP contribution in [-0.2, 0) is 11.8 Å². The average molecular weight is 312 g/mol. The molecule has 4 nitrogen and oxygen atoms in total. The summed E-state index contributed by atoms with van der Waals surface area (Å²) in [6.45, 7) is 6.01. The van der Waals surface area contributed by atoms with Crippen molar-refractivity contribution in [2.75, 3.05) is 0 Å². The lowest BCUT2D eigenvalue weighted by molar-refractivity contribution is 0.488. The first kappa shape index (κ1) is 15.9. The molecule has 0 radical (unpaired) electrons. The topological polar surface area (TPSA) is 63.8 Å². The van der Waals surface area contributed by atoms with Crippen LogP contribution in [0.3, 0.4) is 0 Å². The molecule has 1 unspecified atom stereocenters. The number of nitrogens with two attached hydrogens (primary N) is 1. The Morgan fingerprint density at radius 3 is 2.43 bits per heavy atom. The number of nitrogens with one attached hydrogen (secondary N) is 1. The predicted octanol–water partition coefficient (Wildman–Crippen LogP) is 2.86. The number of rotatable bonds is 4. The number of benzene rings is 1. The Kier molecular flexibility index (Phi) is 4.65. The van der Waals surface area contributed by atoms with Gasteiger partial charge in [0.2, 0.25) is 0 Å². The van der Waals surface area contributed by atoms with E-state index in [1.54, 1.807) is 0 Å². The Labute approximate surface area is 126 Å². The third-order valence-corrected chi connectivity index (χ3v) is 4.05. The van der Waals surface area contributed by atoms with Gasteiger partial charge in [-0.2, -0.15) is 0 Å². The van der Waals surface area contributed by atoms with E-state index in [2.05, 4.69) is 15.0 Å². The largest absolute Gasteiger partial charge is 0.271 e. The summed E-state index contributed by atoms with van der Waals surface area (Å²) in [7, 11) is 0. The molecule has 0 aliphatic rings. The molecule has 7 heteroatoms. The summed E-state index contributed by atoms with van der Waals surface area (Å²) in [5.41, 5.74) is 3.19. The van der Waals surface area contributed by atoms with Crippen molar-refractivity contribution in [2.45, 2.75) is 38.6 Å². The highest BCUT2D eigenvalue weighted by Crippen LogP contribution is 2.32. The molecule has 0 fully saturated rings. The normalized spacial score (nSPS) is 13.4. The highest BCUT2D eigenvalue weighted by molar-refractivity contribution is 7.05. The van der Waals surface area contributed by atoms with Gasteiger partial charge in [-0.05, 0) is 30.1 Å². The Bertz CT molecular complexity index is 601. The fourth-order valence-corrected chi connectivity index (χ4v) is 3.03. The first-order chi connectivity index (χ1) is 9.84. The summed E-state index contributed by atoms with van der Waals surface area (Å²) in [5.74, 6) is 4.42. The van der Waals surface area contributed by atoms with Crippen molar-refractivity contribution in [1.82, 2.24) is 15.0 Å². The lowest BCUT2D eigenvalue weighted by Gasteiger charge is -2.21. The monoisotopic (exact) mass is 312 g/mol. The molecule has 1 aromatic carbocycles. The smallest absolute Gasteiger partial charge is 0.129 e. The lowest BCUT2D eigenvalue weighted by Crippen LogP contribution is -2.31. The van der Waals surface area contributed by atoms with Crippen molar-refractivity contribution in [3.63, 3.8) is 0 Å². The summed E-state index contributed by atoms with van der Waals surface area (Å²) in [4.78, 5) is 0.799. The highest BCUT2D eigenvalue weighted by Gasteiger charge is 2.28. The molecule has 0 spiro atoms. The summed E-state index contributed by atoms with van der Waals surface area (Å²) >= 11 is 1.19. The first-order valence-electron chi connectivity index (χ1n) is 6.56. The molecule has 21 heavy (non-hydrogen) atoms. The van der Waals surface area contributed by atoms with Crippen molar-refractivity contribution in [3.8, 4) is 0 Å². The SMILES string of the molecule is CC(C)(C)c1nnsc1C(Cc1c(F)cccc1F)NN. The number of aromatic nitrogens is 2. The number of hydrazine groups is 1. The minimum Gasteiger partial charge on any atom is -0.271 e. The third kappa shape index (κ3) is 3.42. The van der Waals surface area contributed by atoms with Gasteiger partial charge in [0.05, 0.1) is 16.6 Å². The standard InChI is InChI=1S/C14H18F2N4S/c1-14(2,3)13-12(21-20-19-13)11(18-17)7-8-9(15)5-4-6-10(8)16/h4-6,11,18H,7,17H2,1-3H3. The molecule has 1 heterocycles. The van der Waals surface area contributed by atoms with Gasteiger partial charge in [0.1, 0.15) is 11.6 Å². The van der Waals surface area contributed by atoms with Crippen molar-refractivity contribution < 1.29 is 8.78 Å². The van der Waals surface area contributed by atoms with Crippen LogP contribution >= 0.6 is 11.5 Å². The van der Waals surface area contributed by atoms with Crippen LogP contribution in [0.2, 0.25) is 0 Å². The molecule has 0 saturated carbocycles. The van der Waals surface area contributed by atoms with Gasteiger partial charge in [0, 0.05) is 11.0 Å². The van der Waals surface area contributed by atoms with Gasteiger partial charge in [-0.15, -0.1) is 5.10 Å². The van der Waals surface area contributed by atoms with Crippen molar-refractivity contribution in [1.29, 1.82) is 0 Å². The summed E-state index contributed by atoms with van der Waals surface area (Å²) < 4.78 is 31.5. The van der Waals surface area contributed by atoms with Crippen LogP contribution in [0.5, 0.6) is 0 Å². The molecule has 0 amide bonds. The number of nitrogens with zero attached hydrogens (tertiary/aromatic N) is 2. The van der Waals surface area contributed by atoms with E-state index in [0.29, 0.717) is 0 Å². The quantitative estimate of drug-likeness (QED) is 0.673. The second-order valence-corrected chi connectivity index (χ2v) is 6.65. The van der Waals surface area contributed by atoms with Crippen molar-refractivity contribution in [2.24, 2.45) is 5.84 Å². The van der Waals surface area contributed by atoms with Gasteiger partial charge >= 0.3 is 0 Å². The molecule has 0 aliphatic heterocycles. The summed E-state index contributed by atoms with van der Waals surface area (Å²) in [6, 6.07) is 3.38. The zero-order valence-corrected chi connectivity index (χ0v) is 13.0. The minimum atomic E-state index is -0.579. The molecule has 0 bridgehead atoms. The van der Waals surface area contributed by atoms with Crippen LogP contribution < -0.4 is 11.3 Å². The van der Waals surface area contributed by atoms with E-state index >= 15 is 0 Å². The van der Waals surface area contributed by atoms with Gasteiger partial charge in [0.15, 0.2) is 0 Å². The van der Waals surface area contributed by atoms with Gasteiger partial charge in [-0.25, -0.2) is 8.78 Å². The average Bonchev–Trinajstić information content (AvgIpc) is 2.87. The van der Waals surface area contributed by atoms with E-state index in [4.69, 9.17) is 5.84 Å². The number of halogens is 2. The van der Waals surface area contributed by atoms with Crippen LogP contribution in [0.15, 0.2) is 18.2 Å². The minimum absolute atomic E-state index is 0.00806. The van der Waals surface area contributed by atoms with Gasteiger partial charge in [0.25, 0.3) is 0 Å². The summed E-state index contributed by atoms with van der Waals surface area (Å²) in [6.07, 6.45) is 0.0992. The van der Waals surface area contributed by atoms with Crippen LogP contribution in [0.4, 0.5) is 8.78 Å². The van der Waals surface area contributed by atoms with Crippen LogP contribution in [-0.4, -0.2) is 9.59 Å². The van der Waals surface area contributed by atoms with Gasteiger partial charge in [-0.1, -0.05) is 31.3 Å². The second kappa shape index (κ2) is 6.13. The number of hydrogen-bond donors (Lipinski definition) is 2. The molecule has 3 N–H and O–H groups in total. The molecule has 2 aromatic rings. The maximum Gasteiger partial charge on any atom is 0.129 e. The number of hydrogen-bond acceptors (Lipinski definition) is 5. The van der Waals surface area contributed by atoms with Crippen LogP contribution in [0.1, 0.15) is 42.9 Å².